The third-order valence-corrected chi connectivity index (χ3v) is 3.01. The van der Waals surface area contributed by atoms with Gasteiger partial charge in [-0.2, -0.15) is 0 Å². The average molecular weight is 281 g/mol. The normalized spacial score (nSPS) is 10.8. The highest BCUT2D eigenvalue weighted by Crippen LogP contribution is 2.33. The minimum absolute atomic E-state index is 0.526. The van der Waals surface area contributed by atoms with Crippen molar-refractivity contribution in [2.75, 3.05) is 5.32 Å². The summed E-state index contributed by atoms with van der Waals surface area (Å²) < 4.78 is 0. The van der Waals surface area contributed by atoms with Crippen molar-refractivity contribution in [1.29, 1.82) is 0 Å². The van der Waals surface area contributed by atoms with Gasteiger partial charge in [0.1, 0.15) is 0 Å². The Morgan fingerprint density at radius 2 is 1.67 bits per heavy atom. The Balaban J connectivity index is 2.40. The molecule has 18 heavy (non-hydrogen) atoms. The van der Waals surface area contributed by atoms with Crippen molar-refractivity contribution < 1.29 is 5.21 Å². The molecule has 0 unspecified atom stereocenters. The van der Waals surface area contributed by atoms with Gasteiger partial charge in [-0.3, -0.25) is 0 Å². The molecule has 0 heterocycles. The van der Waals surface area contributed by atoms with Crippen LogP contribution < -0.4 is 5.32 Å². The Hall–Kier alpha value is -1.71. The summed E-state index contributed by atoms with van der Waals surface area (Å²) in [6.07, 6.45) is 1.34. The molecule has 3 nitrogen and oxygen atoms in total. The Morgan fingerprint density at radius 3 is 2.33 bits per heavy atom. The predicted molar refractivity (Wildman–Crippen MR) is 75.6 cm³/mol. The van der Waals surface area contributed by atoms with Crippen molar-refractivity contribution in [3.63, 3.8) is 0 Å². The molecule has 0 amide bonds. The third-order valence-electron chi connectivity index (χ3n) is 2.38. The van der Waals surface area contributed by atoms with Crippen molar-refractivity contribution in [3.05, 3.63) is 58.1 Å². The number of oxime groups is 1. The molecule has 92 valence electrons. The second-order valence-electron chi connectivity index (χ2n) is 3.55. The molecule has 0 aliphatic rings. The van der Waals surface area contributed by atoms with Crippen LogP contribution in [0.1, 0.15) is 5.56 Å². The molecular formula is C13H10Cl2N2O. The summed E-state index contributed by atoms with van der Waals surface area (Å²) in [5, 5.41) is 15.8. The van der Waals surface area contributed by atoms with Crippen LogP contribution in [0.5, 0.6) is 0 Å². The largest absolute Gasteiger partial charge is 0.411 e. The van der Waals surface area contributed by atoms with Gasteiger partial charge in [-0.15, -0.1) is 0 Å². The van der Waals surface area contributed by atoms with Gasteiger partial charge in [0.25, 0.3) is 0 Å². The van der Waals surface area contributed by atoms with E-state index >= 15 is 0 Å². The fourth-order valence-electron chi connectivity index (χ4n) is 1.54. The van der Waals surface area contributed by atoms with Crippen molar-refractivity contribution in [2.24, 2.45) is 5.16 Å². The maximum absolute atomic E-state index is 8.61. The van der Waals surface area contributed by atoms with Crippen molar-refractivity contribution in [1.82, 2.24) is 0 Å². The highest BCUT2D eigenvalue weighted by Gasteiger charge is 2.07. The lowest BCUT2D eigenvalue weighted by Gasteiger charge is -2.12. The highest BCUT2D eigenvalue weighted by molar-refractivity contribution is 6.39. The monoisotopic (exact) mass is 280 g/mol. The zero-order chi connectivity index (χ0) is 13.0. The van der Waals surface area contributed by atoms with Gasteiger partial charge < -0.3 is 10.5 Å². The fraction of sp³-hybridized carbons (Fsp3) is 0. The maximum atomic E-state index is 8.61. The molecule has 5 heteroatoms. The van der Waals surface area contributed by atoms with Crippen LogP contribution in [-0.2, 0) is 0 Å². The molecule has 0 aliphatic carbocycles. The molecule has 2 aromatic rings. The van der Waals surface area contributed by atoms with Gasteiger partial charge in [0.05, 0.1) is 21.9 Å². The minimum Gasteiger partial charge on any atom is -0.411 e. The molecule has 2 aromatic carbocycles. The zero-order valence-corrected chi connectivity index (χ0v) is 10.8. The number of nitrogens with one attached hydrogen (secondary N) is 1. The van der Waals surface area contributed by atoms with Gasteiger partial charge >= 0.3 is 0 Å². The summed E-state index contributed by atoms with van der Waals surface area (Å²) in [5.41, 5.74) is 2.11. The number of halogens is 2. The topological polar surface area (TPSA) is 44.6 Å². The van der Waals surface area contributed by atoms with E-state index in [2.05, 4.69) is 10.5 Å². The summed E-state index contributed by atoms with van der Waals surface area (Å²) in [5.74, 6) is 0. The van der Waals surface area contributed by atoms with Crippen LogP contribution in [-0.4, -0.2) is 11.4 Å². The SMILES string of the molecule is O/N=C/c1ccccc1Nc1c(Cl)cccc1Cl. The number of anilines is 2. The van der Waals surface area contributed by atoms with E-state index in [0.29, 0.717) is 15.7 Å². The average Bonchev–Trinajstić information content (AvgIpc) is 2.36. The smallest absolute Gasteiger partial charge is 0.0763 e. The lowest BCUT2D eigenvalue weighted by atomic mass is 10.2. The van der Waals surface area contributed by atoms with Crippen LogP contribution in [0.4, 0.5) is 11.4 Å². The Kier molecular flexibility index (Phi) is 4.07. The van der Waals surface area contributed by atoms with Gasteiger partial charge in [-0.25, -0.2) is 0 Å². The lowest BCUT2D eigenvalue weighted by molar-refractivity contribution is 0.322. The van der Waals surface area contributed by atoms with E-state index in [9.17, 15) is 0 Å². The van der Waals surface area contributed by atoms with E-state index < -0.39 is 0 Å². The lowest BCUT2D eigenvalue weighted by Crippen LogP contribution is -1.96. The molecule has 0 saturated carbocycles. The molecule has 2 rings (SSSR count). The van der Waals surface area contributed by atoms with Crippen molar-refractivity contribution in [2.45, 2.75) is 0 Å². The highest BCUT2D eigenvalue weighted by atomic mass is 35.5. The predicted octanol–water partition coefficient (Wildman–Crippen LogP) is 4.55. The molecule has 0 fully saturated rings. The zero-order valence-electron chi connectivity index (χ0n) is 9.27. The first-order valence-electron chi connectivity index (χ1n) is 5.20. The molecule has 0 radical (unpaired) electrons. The summed E-state index contributed by atoms with van der Waals surface area (Å²) in [6.45, 7) is 0. The van der Waals surface area contributed by atoms with Gasteiger partial charge in [-0.05, 0) is 18.2 Å². The second-order valence-corrected chi connectivity index (χ2v) is 4.37. The molecule has 0 saturated heterocycles. The van der Waals surface area contributed by atoms with Crippen LogP contribution in [0.3, 0.4) is 0 Å². The summed E-state index contributed by atoms with van der Waals surface area (Å²) in [6, 6.07) is 12.6. The van der Waals surface area contributed by atoms with Crippen LogP contribution in [0, 0.1) is 0 Å². The molecule has 0 spiro atoms. The third kappa shape index (κ3) is 2.75. The molecule has 0 atom stereocenters. The first kappa shape index (κ1) is 12.7. The number of rotatable bonds is 3. The van der Waals surface area contributed by atoms with E-state index in [-0.39, 0.29) is 0 Å². The van der Waals surface area contributed by atoms with Gasteiger partial charge in [0.2, 0.25) is 0 Å². The van der Waals surface area contributed by atoms with E-state index in [1.807, 2.05) is 24.3 Å². The van der Waals surface area contributed by atoms with Crippen molar-refractivity contribution in [3.8, 4) is 0 Å². The number of hydrogen-bond acceptors (Lipinski definition) is 3. The molecule has 0 aliphatic heterocycles. The Bertz CT molecular complexity index is 565. The second kappa shape index (κ2) is 5.76. The van der Waals surface area contributed by atoms with Crippen molar-refractivity contribution >= 4 is 40.8 Å². The molecule has 2 N–H and O–H groups in total. The molecule has 0 aromatic heterocycles. The Morgan fingerprint density at radius 1 is 1.00 bits per heavy atom. The standard InChI is InChI=1S/C13H10Cl2N2O/c14-10-5-3-6-11(15)13(10)17-12-7-2-1-4-9(12)8-16-18/h1-8,17-18H/b16-8+. The molecular weight excluding hydrogens is 271 g/mol. The van der Waals surface area contributed by atoms with Crippen LogP contribution >= 0.6 is 23.2 Å². The van der Waals surface area contributed by atoms with E-state index in [1.165, 1.54) is 6.21 Å². The first-order chi connectivity index (χ1) is 8.72. The fourth-order valence-corrected chi connectivity index (χ4v) is 2.03. The summed E-state index contributed by atoms with van der Waals surface area (Å²) >= 11 is 12.2. The van der Waals surface area contributed by atoms with Crippen LogP contribution in [0.25, 0.3) is 0 Å². The maximum Gasteiger partial charge on any atom is 0.0763 e. The quantitative estimate of drug-likeness (QED) is 0.492. The van der Waals surface area contributed by atoms with E-state index in [1.54, 1.807) is 18.2 Å². The first-order valence-corrected chi connectivity index (χ1v) is 5.95. The van der Waals surface area contributed by atoms with Gasteiger partial charge in [0.15, 0.2) is 0 Å². The number of nitrogens with zero attached hydrogens (tertiary/aromatic N) is 1. The van der Waals surface area contributed by atoms with Crippen LogP contribution in [0.15, 0.2) is 47.6 Å². The molecule has 0 bridgehead atoms. The van der Waals surface area contributed by atoms with Crippen LogP contribution in [0.2, 0.25) is 10.0 Å². The minimum atomic E-state index is 0.526. The van der Waals surface area contributed by atoms with E-state index in [4.69, 9.17) is 28.4 Å². The summed E-state index contributed by atoms with van der Waals surface area (Å²) in [7, 11) is 0. The van der Waals surface area contributed by atoms with Gasteiger partial charge in [-0.1, -0.05) is 52.6 Å². The van der Waals surface area contributed by atoms with Gasteiger partial charge in [0, 0.05) is 11.3 Å². The number of hydrogen-bond donors (Lipinski definition) is 2. The Labute approximate surface area is 115 Å². The summed E-state index contributed by atoms with van der Waals surface area (Å²) in [4.78, 5) is 0. The number of para-hydroxylation sites is 2. The van der Waals surface area contributed by atoms with E-state index in [0.717, 1.165) is 11.3 Å². The number of benzene rings is 2.